The van der Waals surface area contributed by atoms with Gasteiger partial charge in [0.25, 0.3) is 0 Å². The molecule has 23 heavy (non-hydrogen) atoms. The molecule has 0 spiro atoms. The Balaban J connectivity index is 2.16. The standard InChI is InChI=1S/C18H19ClN2O2/c1-12(2)13(3)21-10-14-7-16(19)9-17(8-14)23-18(22)15-5-4-6-20-11-15/h4-13H,1-3H3. The molecule has 0 aliphatic heterocycles. The van der Waals surface area contributed by atoms with Crippen molar-refractivity contribution in [1.82, 2.24) is 4.98 Å². The van der Waals surface area contributed by atoms with Gasteiger partial charge in [0.15, 0.2) is 0 Å². The van der Waals surface area contributed by atoms with E-state index >= 15 is 0 Å². The van der Waals surface area contributed by atoms with Gasteiger partial charge in [-0.05, 0) is 48.7 Å². The Hall–Kier alpha value is -2.20. The summed E-state index contributed by atoms with van der Waals surface area (Å²) < 4.78 is 5.35. The number of pyridine rings is 1. The monoisotopic (exact) mass is 330 g/mol. The van der Waals surface area contributed by atoms with Crippen LogP contribution in [0.2, 0.25) is 5.02 Å². The molecule has 0 saturated heterocycles. The van der Waals surface area contributed by atoms with Crippen LogP contribution in [0.15, 0.2) is 47.7 Å². The molecule has 0 N–H and O–H groups in total. The van der Waals surface area contributed by atoms with E-state index in [1.807, 2.05) is 0 Å². The van der Waals surface area contributed by atoms with Gasteiger partial charge in [-0.2, -0.15) is 0 Å². The first kappa shape index (κ1) is 17.2. The summed E-state index contributed by atoms with van der Waals surface area (Å²) >= 11 is 6.09. The minimum atomic E-state index is -0.473. The number of carbonyl (C=O) groups excluding carboxylic acids is 1. The predicted octanol–water partition coefficient (Wildman–Crippen LogP) is 4.42. The molecule has 2 rings (SSSR count). The van der Waals surface area contributed by atoms with E-state index in [0.717, 1.165) is 5.56 Å². The van der Waals surface area contributed by atoms with E-state index < -0.39 is 5.97 Å². The summed E-state index contributed by atoms with van der Waals surface area (Å²) in [6.07, 6.45) is 4.80. The molecule has 0 saturated carbocycles. The molecule has 1 aromatic heterocycles. The Bertz CT molecular complexity index is 699. The predicted molar refractivity (Wildman–Crippen MR) is 92.5 cm³/mol. The highest BCUT2D eigenvalue weighted by molar-refractivity contribution is 6.31. The maximum Gasteiger partial charge on any atom is 0.345 e. The normalized spacial score (nSPS) is 12.6. The molecule has 1 aromatic carbocycles. The number of nitrogens with zero attached hydrogens (tertiary/aromatic N) is 2. The van der Waals surface area contributed by atoms with Gasteiger partial charge in [0.1, 0.15) is 5.75 Å². The Kier molecular flexibility index (Phi) is 5.88. The molecule has 1 heterocycles. The summed E-state index contributed by atoms with van der Waals surface area (Å²) in [5, 5.41) is 0.486. The van der Waals surface area contributed by atoms with Crippen LogP contribution >= 0.6 is 11.6 Å². The van der Waals surface area contributed by atoms with Crippen LogP contribution in [0, 0.1) is 5.92 Å². The minimum absolute atomic E-state index is 0.204. The van der Waals surface area contributed by atoms with Gasteiger partial charge in [-0.15, -0.1) is 0 Å². The number of carbonyl (C=O) groups is 1. The first-order valence-electron chi connectivity index (χ1n) is 7.41. The highest BCUT2D eigenvalue weighted by atomic mass is 35.5. The molecule has 5 heteroatoms. The van der Waals surface area contributed by atoms with E-state index in [0.29, 0.717) is 22.3 Å². The van der Waals surface area contributed by atoms with E-state index in [1.54, 1.807) is 42.7 Å². The molecule has 0 aliphatic carbocycles. The molecule has 0 radical (unpaired) electrons. The smallest absolute Gasteiger partial charge is 0.345 e. The Morgan fingerprint density at radius 2 is 2.09 bits per heavy atom. The van der Waals surface area contributed by atoms with Crippen LogP contribution in [0.3, 0.4) is 0 Å². The van der Waals surface area contributed by atoms with Gasteiger partial charge in [0, 0.05) is 29.7 Å². The number of hydrogen-bond acceptors (Lipinski definition) is 4. The summed E-state index contributed by atoms with van der Waals surface area (Å²) in [4.78, 5) is 20.4. The average molecular weight is 331 g/mol. The van der Waals surface area contributed by atoms with Crippen molar-refractivity contribution >= 4 is 23.8 Å². The fraction of sp³-hybridized carbons (Fsp3) is 0.278. The van der Waals surface area contributed by atoms with Crippen molar-refractivity contribution in [2.75, 3.05) is 0 Å². The third kappa shape index (κ3) is 5.18. The highest BCUT2D eigenvalue weighted by Crippen LogP contribution is 2.21. The van der Waals surface area contributed by atoms with Crippen LogP contribution in [0.1, 0.15) is 36.7 Å². The Morgan fingerprint density at radius 3 is 2.74 bits per heavy atom. The number of esters is 1. The van der Waals surface area contributed by atoms with Crippen LogP contribution in [-0.4, -0.2) is 23.2 Å². The van der Waals surface area contributed by atoms with Gasteiger partial charge in [-0.1, -0.05) is 25.4 Å². The quantitative estimate of drug-likeness (QED) is 0.463. The molecule has 0 amide bonds. The third-order valence-corrected chi connectivity index (χ3v) is 3.64. The second kappa shape index (κ2) is 7.88. The van der Waals surface area contributed by atoms with E-state index in [1.165, 1.54) is 6.20 Å². The largest absolute Gasteiger partial charge is 0.423 e. The van der Waals surface area contributed by atoms with Gasteiger partial charge < -0.3 is 4.74 Å². The van der Waals surface area contributed by atoms with Crippen LogP contribution in [-0.2, 0) is 0 Å². The lowest BCUT2D eigenvalue weighted by Gasteiger charge is -2.10. The zero-order chi connectivity index (χ0) is 16.8. The van der Waals surface area contributed by atoms with Crippen LogP contribution in [0.5, 0.6) is 5.75 Å². The first-order chi connectivity index (χ1) is 11.0. The molecular weight excluding hydrogens is 312 g/mol. The molecule has 0 bridgehead atoms. The van der Waals surface area contributed by atoms with Crippen molar-refractivity contribution in [2.24, 2.45) is 10.9 Å². The van der Waals surface area contributed by atoms with Gasteiger partial charge in [0.2, 0.25) is 0 Å². The van der Waals surface area contributed by atoms with Crippen molar-refractivity contribution in [2.45, 2.75) is 26.8 Å². The Labute approximate surface area is 141 Å². The van der Waals surface area contributed by atoms with Crippen LogP contribution in [0.25, 0.3) is 0 Å². The zero-order valence-corrected chi connectivity index (χ0v) is 14.1. The third-order valence-electron chi connectivity index (χ3n) is 3.42. The Morgan fingerprint density at radius 1 is 1.30 bits per heavy atom. The van der Waals surface area contributed by atoms with Crippen LogP contribution in [0.4, 0.5) is 0 Å². The fourth-order valence-electron chi connectivity index (χ4n) is 1.74. The second-order valence-electron chi connectivity index (χ2n) is 5.61. The van der Waals surface area contributed by atoms with Crippen molar-refractivity contribution in [1.29, 1.82) is 0 Å². The summed E-state index contributed by atoms with van der Waals surface area (Å²) in [6, 6.07) is 8.64. The van der Waals surface area contributed by atoms with Crippen molar-refractivity contribution in [3.05, 3.63) is 58.9 Å². The van der Waals surface area contributed by atoms with Gasteiger partial charge in [-0.25, -0.2) is 4.79 Å². The number of halogens is 1. The van der Waals surface area contributed by atoms with Gasteiger partial charge in [-0.3, -0.25) is 9.98 Å². The van der Waals surface area contributed by atoms with Gasteiger partial charge >= 0.3 is 5.97 Å². The summed E-state index contributed by atoms with van der Waals surface area (Å²) in [6.45, 7) is 6.28. The number of hydrogen-bond donors (Lipinski definition) is 0. The second-order valence-corrected chi connectivity index (χ2v) is 6.05. The number of aliphatic imine (C=N–C) groups is 1. The lowest BCUT2D eigenvalue weighted by molar-refractivity contribution is 0.0734. The zero-order valence-electron chi connectivity index (χ0n) is 13.4. The topological polar surface area (TPSA) is 51.5 Å². The number of benzene rings is 1. The molecule has 0 aliphatic rings. The van der Waals surface area contributed by atoms with Crippen molar-refractivity contribution < 1.29 is 9.53 Å². The van der Waals surface area contributed by atoms with E-state index in [9.17, 15) is 4.79 Å². The van der Waals surface area contributed by atoms with Gasteiger partial charge in [0.05, 0.1) is 5.56 Å². The number of aromatic nitrogens is 1. The van der Waals surface area contributed by atoms with Crippen molar-refractivity contribution in [3.63, 3.8) is 0 Å². The maximum absolute atomic E-state index is 12.1. The molecular formula is C18H19ClN2O2. The lowest BCUT2D eigenvalue weighted by Crippen LogP contribution is -2.09. The minimum Gasteiger partial charge on any atom is -0.423 e. The molecule has 1 atom stereocenters. The fourth-order valence-corrected chi connectivity index (χ4v) is 1.98. The molecule has 0 fully saturated rings. The average Bonchev–Trinajstić information content (AvgIpc) is 2.52. The maximum atomic E-state index is 12.1. The first-order valence-corrected chi connectivity index (χ1v) is 7.79. The SMILES string of the molecule is CC(C)C(C)N=Cc1cc(Cl)cc(OC(=O)c2cccnc2)c1. The summed E-state index contributed by atoms with van der Waals surface area (Å²) in [7, 11) is 0. The molecule has 1 unspecified atom stereocenters. The molecule has 2 aromatic rings. The molecule has 4 nitrogen and oxygen atoms in total. The summed E-state index contributed by atoms with van der Waals surface area (Å²) in [5.41, 5.74) is 1.18. The number of rotatable bonds is 5. The molecule has 120 valence electrons. The van der Waals surface area contributed by atoms with E-state index in [-0.39, 0.29) is 6.04 Å². The van der Waals surface area contributed by atoms with Crippen molar-refractivity contribution in [3.8, 4) is 5.75 Å². The van der Waals surface area contributed by atoms with E-state index in [2.05, 4.69) is 30.7 Å². The summed E-state index contributed by atoms with van der Waals surface area (Å²) in [5.74, 6) is 0.358. The highest BCUT2D eigenvalue weighted by Gasteiger charge is 2.10. The van der Waals surface area contributed by atoms with E-state index in [4.69, 9.17) is 16.3 Å². The van der Waals surface area contributed by atoms with Crippen LogP contribution < -0.4 is 4.74 Å². The number of ether oxygens (including phenoxy) is 1. The lowest BCUT2D eigenvalue weighted by atomic mass is 10.1.